The Bertz CT molecular complexity index is 895. The van der Waals surface area contributed by atoms with E-state index in [1.165, 1.54) is 20.9 Å². The van der Waals surface area contributed by atoms with Crippen LogP contribution in [0.5, 0.6) is 0 Å². The summed E-state index contributed by atoms with van der Waals surface area (Å²) < 4.78 is 25.9. The summed E-state index contributed by atoms with van der Waals surface area (Å²) in [4.78, 5) is 5.34. The first-order valence-electron chi connectivity index (χ1n) is 8.74. The van der Waals surface area contributed by atoms with Crippen molar-refractivity contribution in [3.63, 3.8) is 0 Å². The number of halogens is 1. The van der Waals surface area contributed by atoms with Crippen LogP contribution in [-0.2, 0) is 16.5 Å². The van der Waals surface area contributed by atoms with Crippen LogP contribution in [0.4, 0.5) is 0 Å². The summed E-state index contributed by atoms with van der Waals surface area (Å²) in [5.41, 5.74) is 2.83. The average Bonchev–Trinajstić information content (AvgIpc) is 2.77. The zero-order valence-electron chi connectivity index (χ0n) is 15.6. The van der Waals surface area contributed by atoms with Gasteiger partial charge in [0.25, 0.3) is 10.1 Å². The van der Waals surface area contributed by atoms with Gasteiger partial charge in [0.15, 0.2) is 0 Å². The van der Waals surface area contributed by atoms with Crippen molar-refractivity contribution >= 4 is 33.5 Å². The number of hydrogen-bond donors (Lipinski definition) is 2. The highest BCUT2D eigenvalue weighted by Crippen LogP contribution is 2.43. The Hall–Kier alpha value is -1.13. The number of hydrogen-bond acceptors (Lipinski definition) is 5. The summed E-state index contributed by atoms with van der Waals surface area (Å²) in [6.45, 7) is 4.38. The first kappa shape index (κ1) is 23.2. The third-order valence-electron chi connectivity index (χ3n) is 4.53. The minimum absolute atomic E-state index is 0. The average molecular weight is 445 g/mol. The van der Waals surface area contributed by atoms with Crippen molar-refractivity contribution in [2.75, 3.05) is 32.4 Å². The second kappa shape index (κ2) is 10.1. The fourth-order valence-corrected chi connectivity index (χ4v) is 4.72. The van der Waals surface area contributed by atoms with Crippen LogP contribution in [0.2, 0.25) is 5.02 Å². The van der Waals surface area contributed by atoms with Crippen LogP contribution in [0.25, 0.3) is 0 Å². The van der Waals surface area contributed by atoms with Crippen LogP contribution in [-0.4, -0.2) is 55.8 Å². The van der Waals surface area contributed by atoms with E-state index in [1.807, 2.05) is 17.8 Å². The molecule has 0 aromatic heterocycles. The molecule has 2 aliphatic rings. The van der Waals surface area contributed by atoms with Crippen molar-refractivity contribution in [2.45, 2.75) is 22.3 Å². The maximum atomic E-state index is 9.19. The molecule has 2 heterocycles. The van der Waals surface area contributed by atoms with Crippen molar-refractivity contribution in [3.05, 3.63) is 58.6 Å². The number of nitrogens with one attached hydrogen (secondary N) is 1. The van der Waals surface area contributed by atoms with Crippen LogP contribution in [0, 0.1) is 0 Å². The summed E-state index contributed by atoms with van der Waals surface area (Å²) >= 11 is 8.12. The predicted molar refractivity (Wildman–Crippen MR) is 114 cm³/mol. The molecular weight excluding hydrogens is 420 g/mol. The van der Waals surface area contributed by atoms with Gasteiger partial charge in [-0.25, -0.2) is 0 Å². The second-order valence-corrected chi connectivity index (χ2v) is 9.62. The highest BCUT2D eigenvalue weighted by Gasteiger charge is 2.28. The van der Waals surface area contributed by atoms with Gasteiger partial charge >= 0.3 is 0 Å². The van der Waals surface area contributed by atoms with Gasteiger partial charge in [-0.3, -0.25) is 9.45 Å². The van der Waals surface area contributed by atoms with E-state index in [1.54, 1.807) is 0 Å². The first-order valence-corrected chi connectivity index (χ1v) is 11.8. The van der Waals surface area contributed by atoms with Crippen LogP contribution >= 0.6 is 23.4 Å². The van der Waals surface area contributed by atoms with Crippen LogP contribution in [0.1, 0.15) is 17.2 Å². The van der Waals surface area contributed by atoms with Gasteiger partial charge in [0.05, 0.1) is 6.26 Å². The van der Waals surface area contributed by atoms with Gasteiger partial charge in [-0.2, -0.15) is 8.42 Å². The minimum atomic E-state index is -3.67. The number of nitrogens with zero attached hydrogens (tertiary/aromatic N) is 1. The number of fused-ring (bicyclic) bond motifs is 2. The third-order valence-corrected chi connectivity index (χ3v) is 5.97. The molecule has 2 aliphatic heterocycles. The molecular formula is C19H25ClN2O4S2. The summed E-state index contributed by atoms with van der Waals surface area (Å²) in [7, 11) is -3.67. The highest BCUT2D eigenvalue weighted by molar-refractivity contribution is 7.99. The molecule has 1 unspecified atom stereocenters. The molecule has 0 aliphatic carbocycles. The normalized spacial score (nSPS) is 19.2. The third kappa shape index (κ3) is 6.45. The monoisotopic (exact) mass is 444 g/mol. The maximum Gasteiger partial charge on any atom is 0.261 e. The van der Waals surface area contributed by atoms with E-state index in [0.29, 0.717) is 12.3 Å². The molecule has 0 amide bonds. The van der Waals surface area contributed by atoms with Gasteiger partial charge in [-0.05, 0) is 41.8 Å². The summed E-state index contributed by atoms with van der Waals surface area (Å²) in [5.74, 6) is 0. The molecule has 1 fully saturated rings. The zero-order valence-corrected chi connectivity index (χ0v) is 17.9. The fourth-order valence-electron chi connectivity index (χ4n) is 3.41. The molecule has 2 aromatic carbocycles. The molecule has 1 atom stereocenters. The quantitative estimate of drug-likeness (QED) is 0.656. The SMILES string of the molecule is CS(=O)(=O)O.Clc1ccc2c(c1)CC(N1CCNCC1)c1ccccc1S2.O. The Kier molecular flexibility index (Phi) is 8.32. The summed E-state index contributed by atoms with van der Waals surface area (Å²) in [6.07, 6.45) is 1.76. The van der Waals surface area contributed by atoms with Gasteiger partial charge in [-0.15, -0.1) is 0 Å². The largest absolute Gasteiger partial charge is 0.412 e. The maximum absolute atomic E-state index is 9.19. The summed E-state index contributed by atoms with van der Waals surface area (Å²) in [6, 6.07) is 15.6. The van der Waals surface area contributed by atoms with E-state index in [0.717, 1.165) is 37.6 Å². The van der Waals surface area contributed by atoms with Crippen molar-refractivity contribution in [3.8, 4) is 0 Å². The Morgan fingerprint density at radius 3 is 2.46 bits per heavy atom. The lowest BCUT2D eigenvalue weighted by Crippen LogP contribution is -2.45. The molecule has 6 nitrogen and oxygen atoms in total. The lowest BCUT2D eigenvalue weighted by atomic mass is 9.97. The van der Waals surface area contributed by atoms with Gasteiger partial charge in [0.1, 0.15) is 0 Å². The molecule has 4 rings (SSSR count). The Morgan fingerprint density at radius 2 is 1.79 bits per heavy atom. The van der Waals surface area contributed by atoms with Crippen molar-refractivity contribution in [1.82, 2.24) is 10.2 Å². The topological polar surface area (TPSA) is 101 Å². The Labute approximate surface area is 175 Å². The molecule has 1 saturated heterocycles. The van der Waals surface area contributed by atoms with Crippen LogP contribution < -0.4 is 5.32 Å². The zero-order chi connectivity index (χ0) is 19.4. The number of benzene rings is 2. The molecule has 9 heteroatoms. The van der Waals surface area contributed by atoms with E-state index < -0.39 is 10.1 Å². The molecule has 28 heavy (non-hydrogen) atoms. The standard InChI is InChI=1S/C18H19ClN2S.CH4O3S.H2O/c19-14-5-6-17-13(11-14)12-16(21-9-7-20-8-10-21)15-3-1-2-4-18(15)22-17;1-5(2,3)4;/h1-6,11,16,20H,7-10,12H2;1H3,(H,2,3,4);1H2. The molecule has 0 radical (unpaired) electrons. The lowest BCUT2D eigenvalue weighted by molar-refractivity contribution is 0.170. The predicted octanol–water partition coefficient (Wildman–Crippen LogP) is 2.67. The second-order valence-electron chi connectivity index (χ2n) is 6.63. The van der Waals surface area contributed by atoms with Crippen molar-refractivity contribution in [1.29, 1.82) is 0 Å². The summed E-state index contributed by atoms with van der Waals surface area (Å²) in [5, 5.41) is 4.29. The molecule has 0 spiro atoms. The lowest BCUT2D eigenvalue weighted by Gasteiger charge is -2.35. The smallest absolute Gasteiger partial charge is 0.261 e. The molecule has 0 saturated carbocycles. The van der Waals surface area contributed by atoms with Crippen LogP contribution in [0.15, 0.2) is 52.3 Å². The molecule has 0 bridgehead atoms. The van der Waals surface area contributed by atoms with Gasteiger partial charge in [-0.1, -0.05) is 41.6 Å². The van der Waals surface area contributed by atoms with E-state index >= 15 is 0 Å². The van der Waals surface area contributed by atoms with Crippen LogP contribution in [0.3, 0.4) is 0 Å². The number of piperazine rings is 1. The van der Waals surface area contributed by atoms with Gasteiger partial charge in [0, 0.05) is 47.0 Å². The highest BCUT2D eigenvalue weighted by atomic mass is 35.5. The fraction of sp³-hybridized carbons (Fsp3) is 0.368. The molecule has 154 valence electrons. The van der Waals surface area contributed by atoms with Crippen molar-refractivity contribution in [2.24, 2.45) is 0 Å². The van der Waals surface area contributed by atoms with E-state index in [-0.39, 0.29) is 5.48 Å². The van der Waals surface area contributed by atoms with E-state index in [4.69, 9.17) is 16.2 Å². The Morgan fingerprint density at radius 1 is 1.14 bits per heavy atom. The molecule has 2 aromatic rings. The van der Waals surface area contributed by atoms with Gasteiger partial charge < -0.3 is 10.8 Å². The Balaban J connectivity index is 0.000000420. The number of rotatable bonds is 1. The van der Waals surface area contributed by atoms with Crippen molar-refractivity contribution < 1.29 is 18.4 Å². The molecule has 4 N–H and O–H groups in total. The minimum Gasteiger partial charge on any atom is -0.412 e. The van der Waals surface area contributed by atoms with Gasteiger partial charge in [0.2, 0.25) is 0 Å². The van der Waals surface area contributed by atoms with E-state index in [2.05, 4.69) is 46.6 Å². The van der Waals surface area contributed by atoms with E-state index in [9.17, 15) is 8.42 Å². The first-order chi connectivity index (χ1) is 12.8.